The number of nitriles is 1. The highest BCUT2D eigenvalue weighted by atomic mass is 35.5. The van der Waals surface area contributed by atoms with Crippen molar-refractivity contribution >= 4 is 56.8 Å². The van der Waals surface area contributed by atoms with E-state index in [1.807, 2.05) is 18.4 Å². The Morgan fingerprint density at radius 1 is 1.26 bits per heavy atom. The van der Waals surface area contributed by atoms with Gasteiger partial charge in [0.2, 0.25) is 0 Å². The fraction of sp³-hybridized carbons (Fsp3) is 0.318. The SMILES string of the molecule is CSc1cccc2sc(N(CCN3CCOCC3)C(=O)c3ccc(C#N)cc3)nc12.Cl. The molecule has 3 aromatic rings. The molecule has 1 amide bonds. The minimum Gasteiger partial charge on any atom is -0.379 e. The fourth-order valence-corrected chi connectivity index (χ4v) is 5.03. The third-order valence-corrected chi connectivity index (χ3v) is 6.88. The minimum absolute atomic E-state index is 0. The first-order valence-electron chi connectivity index (χ1n) is 9.75. The molecule has 4 rings (SSSR count). The topological polar surface area (TPSA) is 69.5 Å². The molecule has 0 radical (unpaired) electrons. The van der Waals surface area contributed by atoms with Gasteiger partial charge in [-0.15, -0.1) is 24.2 Å². The molecule has 0 unspecified atom stereocenters. The Morgan fingerprint density at radius 2 is 2.00 bits per heavy atom. The number of aromatic nitrogens is 1. The highest BCUT2D eigenvalue weighted by Gasteiger charge is 2.23. The fourth-order valence-electron chi connectivity index (χ4n) is 3.39. The first-order chi connectivity index (χ1) is 14.7. The van der Waals surface area contributed by atoms with Crippen LogP contribution in [0.1, 0.15) is 15.9 Å². The second-order valence-corrected chi connectivity index (χ2v) is 8.76. The summed E-state index contributed by atoms with van der Waals surface area (Å²) in [5, 5.41) is 9.74. The van der Waals surface area contributed by atoms with E-state index in [-0.39, 0.29) is 18.3 Å². The lowest BCUT2D eigenvalue weighted by atomic mass is 10.1. The van der Waals surface area contributed by atoms with E-state index >= 15 is 0 Å². The zero-order valence-electron chi connectivity index (χ0n) is 17.1. The van der Waals surface area contributed by atoms with Gasteiger partial charge in [-0.2, -0.15) is 5.26 Å². The van der Waals surface area contributed by atoms with E-state index < -0.39 is 0 Å². The van der Waals surface area contributed by atoms with Gasteiger partial charge in [0.15, 0.2) is 5.13 Å². The maximum Gasteiger partial charge on any atom is 0.260 e. The summed E-state index contributed by atoms with van der Waals surface area (Å²) in [7, 11) is 0. The van der Waals surface area contributed by atoms with Crippen molar-refractivity contribution in [2.24, 2.45) is 0 Å². The smallest absolute Gasteiger partial charge is 0.260 e. The molecular formula is C22H23ClN4O2S2. The number of nitrogens with zero attached hydrogens (tertiary/aromatic N) is 4. The van der Waals surface area contributed by atoms with Crippen molar-refractivity contribution in [3.63, 3.8) is 0 Å². The van der Waals surface area contributed by atoms with E-state index in [1.54, 1.807) is 40.9 Å². The van der Waals surface area contributed by atoms with Crippen LogP contribution in [0.4, 0.5) is 5.13 Å². The third kappa shape index (κ3) is 5.37. The standard InChI is InChI=1S/C22H22N4O2S2.ClH/c1-29-18-3-2-4-19-20(18)24-22(30-19)26(10-9-25-11-13-28-14-12-25)21(27)17-7-5-16(15-23)6-8-17;/h2-8H,9-14H2,1H3;1H. The Kier molecular flexibility index (Phi) is 8.29. The second kappa shape index (κ2) is 10.9. The van der Waals surface area contributed by atoms with Gasteiger partial charge in [0, 0.05) is 36.6 Å². The summed E-state index contributed by atoms with van der Waals surface area (Å²) >= 11 is 3.19. The van der Waals surface area contributed by atoms with E-state index in [1.165, 1.54) is 11.3 Å². The van der Waals surface area contributed by atoms with Crippen LogP contribution in [0.2, 0.25) is 0 Å². The summed E-state index contributed by atoms with van der Waals surface area (Å²) < 4.78 is 6.50. The highest BCUT2D eigenvalue weighted by molar-refractivity contribution is 7.98. The van der Waals surface area contributed by atoms with Crippen LogP contribution in [0.5, 0.6) is 0 Å². The number of hydrogen-bond acceptors (Lipinski definition) is 7. The number of anilines is 1. The number of thiazole rings is 1. The molecule has 0 atom stereocenters. The quantitative estimate of drug-likeness (QED) is 0.496. The van der Waals surface area contributed by atoms with Gasteiger partial charge >= 0.3 is 0 Å². The van der Waals surface area contributed by atoms with E-state index in [4.69, 9.17) is 15.0 Å². The van der Waals surface area contributed by atoms with E-state index in [0.29, 0.717) is 22.8 Å². The molecule has 6 nitrogen and oxygen atoms in total. The van der Waals surface area contributed by atoms with Crippen molar-refractivity contribution in [2.75, 3.05) is 50.5 Å². The van der Waals surface area contributed by atoms with Crippen molar-refractivity contribution in [3.8, 4) is 6.07 Å². The molecule has 0 aliphatic carbocycles. The molecule has 31 heavy (non-hydrogen) atoms. The first-order valence-corrected chi connectivity index (χ1v) is 11.8. The average Bonchev–Trinajstić information content (AvgIpc) is 3.24. The van der Waals surface area contributed by atoms with Crippen molar-refractivity contribution < 1.29 is 9.53 Å². The van der Waals surface area contributed by atoms with Crippen molar-refractivity contribution in [1.29, 1.82) is 5.26 Å². The van der Waals surface area contributed by atoms with Crippen LogP contribution in [0.25, 0.3) is 10.2 Å². The molecular weight excluding hydrogens is 452 g/mol. The molecule has 0 spiro atoms. The number of morpholine rings is 1. The number of benzene rings is 2. The lowest BCUT2D eigenvalue weighted by Gasteiger charge is -2.29. The van der Waals surface area contributed by atoms with Gasteiger partial charge < -0.3 is 4.74 Å². The van der Waals surface area contributed by atoms with Gasteiger partial charge in [-0.05, 0) is 42.7 Å². The largest absolute Gasteiger partial charge is 0.379 e. The molecule has 0 bridgehead atoms. The number of rotatable bonds is 6. The molecule has 2 heterocycles. The zero-order chi connectivity index (χ0) is 20.9. The summed E-state index contributed by atoms with van der Waals surface area (Å²) in [4.78, 5) is 23.4. The molecule has 9 heteroatoms. The van der Waals surface area contributed by atoms with Gasteiger partial charge in [-0.1, -0.05) is 17.4 Å². The third-order valence-electron chi connectivity index (χ3n) is 5.07. The summed E-state index contributed by atoms with van der Waals surface area (Å²) in [5.41, 5.74) is 2.03. The van der Waals surface area contributed by atoms with Crippen LogP contribution in [0.15, 0.2) is 47.4 Å². The van der Waals surface area contributed by atoms with Crippen LogP contribution in [0.3, 0.4) is 0 Å². The zero-order valence-corrected chi connectivity index (χ0v) is 19.6. The molecule has 1 aliphatic rings. The first kappa shape index (κ1) is 23.5. The molecule has 0 N–H and O–H groups in total. The van der Waals surface area contributed by atoms with Crippen LogP contribution in [0, 0.1) is 11.3 Å². The number of thioether (sulfide) groups is 1. The number of carbonyl (C=O) groups is 1. The monoisotopic (exact) mass is 474 g/mol. The summed E-state index contributed by atoms with van der Waals surface area (Å²) in [6, 6.07) is 15.0. The van der Waals surface area contributed by atoms with Crippen LogP contribution >= 0.6 is 35.5 Å². The van der Waals surface area contributed by atoms with Crippen LogP contribution in [-0.2, 0) is 4.74 Å². The van der Waals surface area contributed by atoms with Gasteiger partial charge in [0.05, 0.1) is 35.1 Å². The molecule has 162 valence electrons. The predicted molar refractivity (Wildman–Crippen MR) is 129 cm³/mol. The molecule has 1 aromatic heterocycles. The van der Waals surface area contributed by atoms with Gasteiger partial charge in [-0.3, -0.25) is 14.6 Å². The Morgan fingerprint density at radius 3 is 2.68 bits per heavy atom. The molecule has 1 fully saturated rings. The van der Waals surface area contributed by atoms with Gasteiger partial charge in [0.25, 0.3) is 5.91 Å². The molecule has 2 aromatic carbocycles. The van der Waals surface area contributed by atoms with Crippen molar-refractivity contribution in [2.45, 2.75) is 4.90 Å². The van der Waals surface area contributed by atoms with E-state index in [9.17, 15) is 4.79 Å². The normalized spacial score (nSPS) is 14.1. The number of carbonyl (C=O) groups excluding carboxylic acids is 1. The van der Waals surface area contributed by atoms with E-state index in [2.05, 4.69) is 17.0 Å². The summed E-state index contributed by atoms with van der Waals surface area (Å²) in [5.74, 6) is -0.0995. The Balaban J connectivity index is 0.00000272. The summed E-state index contributed by atoms with van der Waals surface area (Å²) in [6.45, 7) is 4.50. The summed E-state index contributed by atoms with van der Waals surface area (Å²) in [6.07, 6.45) is 2.03. The Labute approximate surface area is 196 Å². The number of ether oxygens (including phenoxy) is 1. The Hall–Kier alpha value is -2.15. The lowest BCUT2D eigenvalue weighted by Crippen LogP contribution is -2.43. The molecule has 0 saturated carbocycles. The highest BCUT2D eigenvalue weighted by Crippen LogP contribution is 2.34. The van der Waals surface area contributed by atoms with Gasteiger partial charge in [-0.25, -0.2) is 4.98 Å². The maximum absolute atomic E-state index is 13.4. The van der Waals surface area contributed by atoms with Gasteiger partial charge in [0.1, 0.15) is 0 Å². The number of halogens is 1. The minimum atomic E-state index is -0.0995. The molecule has 1 aliphatic heterocycles. The van der Waals surface area contributed by atoms with Crippen LogP contribution in [-0.4, -0.2) is 61.4 Å². The van der Waals surface area contributed by atoms with Crippen LogP contribution < -0.4 is 4.90 Å². The van der Waals surface area contributed by atoms with Crippen molar-refractivity contribution in [3.05, 3.63) is 53.6 Å². The Bertz CT molecular complexity index is 1080. The molecule has 1 saturated heterocycles. The maximum atomic E-state index is 13.4. The van der Waals surface area contributed by atoms with Crippen molar-refractivity contribution in [1.82, 2.24) is 9.88 Å². The predicted octanol–water partition coefficient (Wildman–Crippen LogP) is 4.29. The second-order valence-electron chi connectivity index (χ2n) is 6.90. The average molecular weight is 475 g/mol. The number of fused-ring (bicyclic) bond motifs is 1. The van der Waals surface area contributed by atoms with E-state index in [0.717, 1.165) is 48.0 Å². The number of amides is 1. The lowest BCUT2D eigenvalue weighted by molar-refractivity contribution is 0.0391. The number of hydrogen-bond donors (Lipinski definition) is 0. The number of para-hydroxylation sites is 1.